The Hall–Kier alpha value is -2.20. The van der Waals surface area contributed by atoms with Crippen molar-refractivity contribution < 1.29 is 14.6 Å². The number of methoxy groups -OCH3 is 1. The maximum atomic E-state index is 12.6. The molecule has 0 atom stereocenters. The molecular weight excluding hydrogens is 254 g/mol. The van der Waals surface area contributed by atoms with Crippen LogP contribution in [0.2, 0.25) is 0 Å². The fourth-order valence-corrected chi connectivity index (χ4v) is 2.84. The Morgan fingerprint density at radius 2 is 2.05 bits per heavy atom. The van der Waals surface area contributed by atoms with E-state index in [0.717, 1.165) is 33.2 Å². The van der Waals surface area contributed by atoms with Crippen molar-refractivity contribution in [3.63, 3.8) is 0 Å². The smallest absolute Gasteiger partial charge is 0.228 e. The van der Waals surface area contributed by atoms with Gasteiger partial charge in [0, 0.05) is 28.3 Å². The average Bonchev–Trinajstić information content (AvgIpc) is 2.45. The molecule has 1 aliphatic rings. The van der Waals surface area contributed by atoms with Crippen molar-refractivity contribution in [2.45, 2.75) is 20.5 Å². The summed E-state index contributed by atoms with van der Waals surface area (Å²) in [6.07, 6.45) is 1.66. The van der Waals surface area contributed by atoms with Gasteiger partial charge >= 0.3 is 0 Å². The quantitative estimate of drug-likeness (QED) is 0.910. The highest BCUT2D eigenvalue weighted by molar-refractivity contribution is 6.24. The summed E-state index contributed by atoms with van der Waals surface area (Å²) in [6.45, 7) is 3.64. The second-order valence-electron chi connectivity index (χ2n) is 4.96. The Labute approximate surface area is 116 Å². The summed E-state index contributed by atoms with van der Waals surface area (Å²) in [5.41, 5.74) is 3.74. The molecule has 0 radical (unpaired) electrons. The molecule has 0 bridgehead atoms. The third-order valence-corrected chi connectivity index (χ3v) is 3.85. The Balaban J connectivity index is 2.53. The molecule has 1 aliphatic carbocycles. The van der Waals surface area contributed by atoms with E-state index < -0.39 is 0 Å². The van der Waals surface area contributed by atoms with E-state index in [4.69, 9.17) is 4.74 Å². The van der Waals surface area contributed by atoms with Gasteiger partial charge in [0.2, 0.25) is 5.78 Å². The molecule has 4 nitrogen and oxygen atoms in total. The van der Waals surface area contributed by atoms with E-state index >= 15 is 0 Å². The van der Waals surface area contributed by atoms with Crippen LogP contribution in [0.4, 0.5) is 0 Å². The maximum absolute atomic E-state index is 12.6. The lowest BCUT2D eigenvalue weighted by atomic mass is 9.86. The van der Waals surface area contributed by atoms with Crippen LogP contribution in [0.5, 0.6) is 0 Å². The van der Waals surface area contributed by atoms with Gasteiger partial charge in [-0.1, -0.05) is 12.1 Å². The molecule has 1 N–H and O–H groups in total. The summed E-state index contributed by atoms with van der Waals surface area (Å²) in [5.74, 6) is 0.231. The average molecular weight is 269 g/mol. The van der Waals surface area contributed by atoms with Crippen molar-refractivity contribution in [1.29, 1.82) is 0 Å². The number of carbonyl (C=O) groups is 1. The Morgan fingerprint density at radius 1 is 1.30 bits per heavy atom. The number of nitrogens with zero attached hydrogens (tertiary/aromatic N) is 1. The van der Waals surface area contributed by atoms with E-state index in [2.05, 4.69) is 4.98 Å². The summed E-state index contributed by atoms with van der Waals surface area (Å²) in [4.78, 5) is 17.0. The summed E-state index contributed by atoms with van der Waals surface area (Å²) < 4.78 is 5.26. The third-order valence-electron chi connectivity index (χ3n) is 3.85. The summed E-state index contributed by atoms with van der Waals surface area (Å²) >= 11 is 0. The van der Waals surface area contributed by atoms with E-state index in [1.54, 1.807) is 6.20 Å². The molecule has 20 heavy (non-hydrogen) atoms. The van der Waals surface area contributed by atoms with Gasteiger partial charge in [-0.05, 0) is 24.8 Å². The van der Waals surface area contributed by atoms with Gasteiger partial charge in [-0.2, -0.15) is 0 Å². The number of rotatable bonds is 2. The van der Waals surface area contributed by atoms with Crippen LogP contribution < -0.4 is 0 Å². The Morgan fingerprint density at radius 3 is 2.70 bits per heavy atom. The molecule has 0 saturated carbocycles. The van der Waals surface area contributed by atoms with E-state index in [-0.39, 0.29) is 12.4 Å². The number of Topliss-reactive ketones (excluding diaryl/α,β-unsaturated/α-hetero) is 1. The largest absolute Gasteiger partial charge is 0.492 e. The van der Waals surface area contributed by atoms with E-state index in [1.165, 1.54) is 7.11 Å². The summed E-state index contributed by atoms with van der Waals surface area (Å²) in [5, 5.41) is 11.1. The standard InChI is InChI=1S/C16H15NO3/c1-8-4-5-11-10(7-18)6-17-14-9(2)16(20-3)15(19)12(8)13(11)14/h4-6,18H,7H2,1-3H3. The molecule has 0 aliphatic heterocycles. The normalized spacial score (nSPS) is 14.1. The molecule has 0 amide bonds. The lowest BCUT2D eigenvalue weighted by Gasteiger charge is -2.21. The molecule has 102 valence electrons. The van der Waals surface area contributed by atoms with Crippen LogP contribution in [-0.2, 0) is 11.3 Å². The highest BCUT2D eigenvalue weighted by atomic mass is 16.5. The molecule has 0 fully saturated rings. The van der Waals surface area contributed by atoms with Gasteiger partial charge in [0.25, 0.3) is 0 Å². The zero-order valence-corrected chi connectivity index (χ0v) is 11.7. The van der Waals surface area contributed by atoms with E-state index in [9.17, 15) is 9.90 Å². The number of aliphatic hydroxyl groups excluding tert-OH is 1. The van der Waals surface area contributed by atoms with Gasteiger partial charge in [-0.3, -0.25) is 9.78 Å². The van der Waals surface area contributed by atoms with Crippen LogP contribution in [0.3, 0.4) is 0 Å². The molecule has 1 aromatic carbocycles. The van der Waals surface area contributed by atoms with Crippen molar-refractivity contribution in [1.82, 2.24) is 4.98 Å². The maximum Gasteiger partial charge on any atom is 0.228 e. The highest BCUT2D eigenvalue weighted by Gasteiger charge is 2.29. The monoisotopic (exact) mass is 269 g/mol. The predicted octanol–water partition coefficient (Wildman–Crippen LogP) is 2.61. The van der Waals surface area contributed by atoms with Crippen molar-refractivity contribution in [3.8, 4) is 0 Å². The van der Waals surface area contributed by atoms with Gasteiger partial charge < -0.3 is 9.84 Å². The first-order valence-corrected chi connectivity index (χ1v) is 6.42. The fraction of sp³-hybridized carbons (Fsp3) is 0.250. The van der Waals surface area contributed by atoms with Crippen LogP contribution in [0.1, 0.15) is 34.1 Å². The zero-order chi connectivity index (χ0) is 14.4. The predicted molar refractivity (Wildman–Crippen MR) is 76.3 cm³/mol. The molecular formula is C16H15NO3. The second kappa shape index (κ2) is 4.42. The van der Waals surface area contributed by atoms with Gasteiger partial charge in [0.15, 0.2) is 5.76 Å². The van der Waals surface area contributed by atoms with Crippen LogP contribution in [0.25, 0.3) is 16.3 Å². The number of allylic oxidation sites excluding steroid dienone is 2. The topological polar surface area (TPSA) is 59.4 Å². The highest BCUT2D eigenvalue weighted by Crippen LogP contribution is 2.37. The van der Waals surface area contributed by atoms with Crippen molar-refractivity contribution in [3.05, 3.63) is 46.5 Å². The van der Waals surface area contributed by atoms with Crippen LogP contribution in [-0.4, -0.2) is 23.0 Å². The molecule has 1 heterocycles. The minimum atomic E-state index is -0.113. The lowest BCUT2D eigenvalue weighted by Crippen LogP contribution is -2.16. The van der Waals surface area contributed by atoms with Crippen molar-refractivity contribution in [2.24, 2.45) is 0 Å². The number of ether oxygens (including phenoxy) is 1. The molecule has 0 saturated heterocycles. The number of benzene rings is 1. The number of ketones is 1. The first kappa shape index (κ1) is 12.8. The molecule has 0 unspecified atom stereocenters. The molecule has 1 aromatic heterocycles. The summed E-state index contributed by atoms with van der Waals surface area (Å²) in [6, 6.07) is 3.83. The van der Waals surface area contributed by atoms with Crippen LogP contribution in [0.15, 0.2) is 24.1 Å². The Kier molecular flexibility index (Phi) is 2.83. The number of aromatic nitrogens is 1. The van der Waals surface area contributed by atoms with Crippen LogP contribution in [0, 0.1) is 6.92 Å². The number of carbonyl (C=O) groups excluding carboxylic acids is 1. The van der Waals surface area contributed by atoms with Crippen LogP contribution >= 0.6 is 0 Å². The zero-order valence-electron chi connectivity index (χ0n) is 11.7. The number of aliphatic hydroxyl groups is 1. The molecule has 0 spiro atoms. The molecule has 3 rings (SSSR count). The van der Waals surface area contributed by atoms with Gasteiger partial charge in [-0.25, -0.2) is 0 Å². The van der Waals surface area contributed by atoms with E-state index in [1.807, 2.05) is 26.0 Å². The number of pyridine rings is 1. The number of aryl methyl sites for hydroxylation is 1. The first-order chi connectivity index (χ1) is 9.60. The molecule has 2 aromatic rings. The van der Waals surface area contributed by atoms with Gasteiger partial charge in [-0.15, -0.1) is 0 Å². The first-order valence-electron chi connectivity index (χ1n) is 6.42. The third kappa shape index (κ3) is 1.51. The van der Waals surface area contributed by atoms with E-state index in [0.29, 0.717) is 11.3 Å². The minimum Gasteiger partial charge on any atom is -0.492 e. The number of hydrogen-bond acceptors (Lipinski definition) is 4. The van der Waals surface area contributed by atoms with Crippen molar-refractivity contribution >= 4 is 22.1 Å². The SMILES string of the molecule is COC1=C(C)c2ncc(CO)c3ccc(C)c(c23)C1=O. The Bertz CT molecular complexity index is 775. The number of hydrogen-bond donors (Lipinski definition) is 1. The van der Waals surface area contributed by atoms with Gasteiger partial charge in [0.05, 0.1) is 19.4 Å². The summed E-state index contributed by atoms with van der Waals surface area (Å²) in [7, 11) is 1.50. The minimum absolute atomic E-state index is 0.0969. The van der Waals surface area contributed by atoms with Gasteiger partial charge in [0.1, 0.15) is 0 Å². The lowest BCUT2D eigenvalue weighted by molar-refractivity contribution is 0.0955. The second-order valence-corrected chi connectivity index (χ2v) is 4.96. The fourth-order valence-electron chi connectivity index (χ4n) is 2.84. The van der Waals surface area contributed by atoms with Crippen molar-refractivity contribution in [2.75, 3.05) is 7.11 Å². The molecule has 4 heteroatoms.